The van der Waals surface area contributed by atoms with Crippen LogP contribution in [0.4, 0.5) is 4.79 Å². The van der Waals surface area contributed by atoms with Crippen LogP contribution in [0.25, 0.3) is 0 Å². The Morgan fingerprint density at radius 1 is 1.33 bits per heavy atom. The minimum absolute atomic E-state index is 0.189. The standard InChI is InChI=1S/C11H21N3O3S/c1-12(2)5-4-6-13(3)11(17)14-8-18-7-9(14)10(15)16/h9H,4-8H2,1-3H3,(H,15,16). The fourth-order valence-electron chi connectivity index (χ4n) is 1.77. The second kappa shape index (κ2) is 6.84. The number of hydrogen-bond acceptors (Lipinski definition) is 4. The molecule has 1 aliphatic rings. The van der Waals surface area contributed by atoms with Crippen molar-refractivity contribution in [3.05, 3.63) is 0 Å². The maximum atomic E-state index is 12.1. The summed E-state index contributed by atoms with van der Waals surface area (Å²) in [7, 11) is 5.69. The third kappa shape index (κ3) is 4.06. The van der Waals surface area contributed by atoms with Crippen LogP contribution in [0.15, 0.2) is 0 Å². The molecule has 7 heteroatoms. The van der Waals surface area contributed by atoms with Crippen LogP contribution >= 0.6 is 11.8 Å². The minimum Gasteiger partial charge on any atom is -0.480 e. The van der Waals surface area contributed by atoms with E-state index in [0.29, 0.717) is 18.2 Å². The number of carboxylic acid groups (broad SMARTS) is 1. The third-order valence-electron chi connectivity index (χ3n) is 2.84. The number of carbonyl (C=O) groups excluding carboxylic acids is 1. The molecule has 0 aliphatic carbocycles. The van der Waals surface area contributed by atoms with Crippen LogP contribution in [-0.4, -0.2) is 83.7 Å². The summed E-state index contributed by atoms with van der Waals surface area (Å²) in [6.45, 7) is 1.55. The summed E-state index contributed by atoms with van der Waals surface area (Å²) in [5.74, 6) is 0.0236. The molecule has 18 heavy (non-hydrogen) atoms. The molecule has 1 unspecified atom stereocenters. The Morgan fingerprint density at radius 3 is 2.56 bits per heavy atom. The Balaban J connectivity index is 2.45. The van der Waals surface area contributed by atoms with E-state index in [1.165, 1.54) is 16.7 Å². The van der Waals surface area contributed by atoms with Crippen molar-refractivity contribution in [2.45, 2.75) is 12.5 Å². The Hall–Kier alpha value is -0.950. The predicted molar refractivity (Wildman–Crippen MR) is 71.8 cm³/mol. The number of urea groups is 1. The van der Waals surface area contributed by atoms with Crippen LogP contribution in [0.3, 0.4) is 0 Å². The zero-order valence-corrected chi connectivity index (χ0v) is 11.9. The first-order chi connectivity index (χ1) is 8.43. The van der Waals surface area contributed by atoms with Crippen molar-refractivity contribution in [3.63, 3.8) is 0 Å². The van der Waals surface area contributed by atoms with Crippen LogP contribution in [0.5, 0.6) is 0 Å². The van der Waals surface area contributed by atoms with Gasteiger partial charge in [0, 0.05) is 19.3 Å². The van der Waals surface area contributed by atoms with Crippen molar-refractivity contribution in [2.24, 2.45) is 0 Å². The second-order valence-electron chi connectivity index (χ2n) is 4.68. The number of rotatable bonds is 5. The molecule has 1 atom stereocenters. The first-order valence-corrected chi connectivity index (χ1v) is 7.06. The van der Waals surface area contributed by atoms with Gasteiger partial charge < -0.3 is 19.8 Å². The van der Waals surface area contributed by atoms with Crippen molar-refractivity contribution in [1.82, 2.24) is 14.7 Å². The smallest absolute Gasteiger partial charge is 0.327 e. The van der Waals surface area contributed by atoms with Gasteiger partial charge in [-0.3, -0.25) is 0 Å². The lowest BCUT2D eigenvalue weighted by Gasteiger charge is -2.27. The van der Waals surface area contributed by atoms with Gasteiger partial charge in [-0.25, -0.2) is 9.59 Å². The highest BCUT2D eigenvalue weighted by Crippen LogP contribution is 2.22. The Morgan fingerprint density at radius 2 is 2.00 bits per heavy atom. The minimum atomic E-state index is -0.921. The van der Waals surface area contributed by atoms with Crippen LogP contribution in [0, 0.1) is 0 Å². The van der Waals surface area contributed by atoms with Crippen molar-refractivity contribution in [2.75, 3.05) is 45.9 Å². The van der Waals surface area contributed by atoms with Crippen LogP contribution < -0.4 is 0 Å². The van der Waals surface area contributed by atoms with Gasteiger partial charge >= 0.3 is 12.0 Å². The number of carbonyl (C=O) groups is 2. The summed E-state index contributed by atoms with van der Waals surface area (Å²) >= 11 is 1.48. The predicted octanol–water partition coefficient (Wildman–Crippen LogP) is 0.449. The summed E-state index contributed by atoms with van der Waals surface area (Å²) in [4.78, 5) is 28.2. The summed E-state index contributed by atoms with van der Waals surface area (Å²) in [6, 6.07) is -0.870. The average Bonchev–Trinajstić information content (AvgIpc) is 2.76. The first-order valence-electron chi connectivity index (χ1n) is 5.90. The summed E-state index contributed by atoms with van der Waals surface area (Å²) in [5, 5.41) is 9.03. The van der Waals surface area contributed by atoms with Gasteiger partial charge in [0.15, 0.2) is 0 Å². The molecular weight excluding hydrogens is 254 g/mol. The number of nitrogens with zero attached hydrogens (tertiary/aromatic N) is 3. The van der Waals surface area contributed by atoms with E-state index in [9.17, 15) is 9.59 Å². The van der Waals surface area contributed by atoms with Gasteiger partial charge in [0.1, 0.15) is 6.04 Å². The van der Waals surface area contributed by atoms with Gasteiger partial charge in [-0.2, -0.15) is 0 Å². The van der Waals surface area contributed by atoms with E-state index in [1.54, 1.807) is 11.9 Å². The highest BCUT2D eigenvalue weighted by molar-refractivity contribution is 7.99. The van der Waals surface area contributed by atoms with E-state index in [4.69, 9.17) is 5.11 Å². The molecule has 0 aromatic carbocycles. The van der Waals surface area contributed by atoms with Crippen molar-refractivity contribution in [3.8, 4) is 0 Å². The zero-order valence-electron chi connectivity index (χ0n) is 11.1. The van der Waals surface area contributed by atoms with Gasteiger partial charge in [-0.1, -0.05) is 0 Å². The fourth-order valence-corrected chi connectivity index (χ4v) is 2.91. The lowest BCUT2D eigenvalue weighted by molar-refractivity contribution is -0.140. The Kier molecular flexibility index (Phi) is 5.74. The first kappa shape index (κ1) is 15.1. The summed E-state index contributed by atoms with van der Waals surface area (Å²) < 4.78 is 0. The molecule has 0 aromatic heterocycles. The lowest BCUT2D eigenvalue weighted by Crippen LogP contribution is -2.47. The Bertz CT molecular complexity index is 312. The van der Waals surface area contributed by atoms with Crippen molar-refractivity contribution in [1.29, 1.82) is 0 Å². The number of aliphatic carboxylic acids is 1. The van der Waals surface area contributed by atoms with Crippen molar-refractivity contribution < 1.29 is 14.7 Å². The quantitative estimate of drug-likeness (QED) is 0.789. The van der Waals surface area contributed by atoms with Gasteiger partial charge in [-0.15, -0.1) is 11.8 Å². The SMILES string of the molecule is CN(C)CCCN(C)C(=O)N1CSCC1C(=O)O. The number of carboxylic acids is 1. The van der Waals surface area contributed by atoms with Crippen molar-refractivity contribution >= 4 is 23.8 Å². The van der Waals surface area contributed by atoms with E-state index in [1.807, 2.05) is 14.1 Å². The highest BCUT2D eigenvalue weighted by atomic mass is 32.2. The molecule has 1 N–H and O–H groups in total. The molecule has 1 heterocycles. The van der Waals surface area contributed by atoms with E-state index in [2.05, 4.69) is 4.90 Å². The van der Waals surface area contributed by atoms with E-state index < -0.39 is 12.0 Å². The molecule has 0 radical (unpaired) electrons. The number of amides is 2. The van der Waals surface area contributed by atoms with Gasteiger partial charge in [0.05, 0.1) is 5.88 Å². The molecule has 2 amide bonds. The summed E-state index contributed by atoms with van der Waals surface area (Å²) in [6.07, 6.45) is 0.883. The third-order valence-corrected chi connectivity index (χ3v) is 3.85. The number of thioether (sulfide) groups is 1. The topological polar surface area (TPSA) is 64.1 Å². The normalized spacial score (nSPS) is 19.3. The van der Waals surface area contributed by atoms with Crippen LogP contribution in [-0.2, 0) is 4.79 Å². The molecule has 1 saturated heterocycles. The lowest BCUT2D eigenvalue weighted by atomic mass is 10.3. The molecule has 1 aliphatic heterocycles. The fraction of sp³-hybridized carbons (Fsp3) is 0.818. The Labute approximate surface area is 112 Å². The van der Waals surface area contributed by atoms with Gasteiger partial charge in [0.25, 0.3) is 0 Å². The maximum absolute atomic E-state index is 12.1. The van der Waals surface area contributed by atoms with E-state index in [-0.39, 0.29) is 6.03 Å². The van der Waals surface area contributed by atoms with E-state index >= 15 is 0 Å². The number of hydrogen-bond donors (Lipinski definition) is 1. The summed E-state index contributed by atoms with van der Waals surface area (Å²) in [5.41, 5.74) is 0. The monoisotopic (exact) mass is 275 g/mol. The highest BCUT2D eigenvalue weighted by Gasteiger charge is 2.35. The second-order valence-corrected chi connectivity index (χ2v) is 5.68. The van der Waals surface area contributed by atoms with Crippen LogP contribution in [0.1, 0.15) is 6.42 Å². The largest absolute Gasteiger partial charge is 0.480 e. The molecule has 0 saturated carbocycles. The van der Waals surface area contributed by atoms with E-state index in [0.717, 1.165) is 13.0 Å². The molecule has 1 rings (SSSR count). The molecular formula is C11H21N3O3S. The van der Waals surface area contributed by atoms with Gasteiger partial charge in [0.2, 0.25) is 0 Å². The van der Waals surface area contributed by atoms with Gasteiger partial charge in [-0.05, 0) is 27.1 Å². The molecule has 0 bridgehead atoms. The molecule has 6 nitrogen and oxygen atoms in total. The maximum Gasteiger partial charge on any atom is 0.327 e. The average molecular weight is 275 g/mol. The molecule has 0 spiro atoms. The zero-order chi connectivity index (χ0) is 13.7. The molecule has 1 fully saturated rings. The van der Waals surface area contributed by atoms with Crippen LogP contribution in [0.2, 0.25) is 0 Å². The molecule has 104 valence electrons. The molecule has 0 aromatic rings.